The number of nitrogens with zero attached hydrogens (tertiary/aromatic N) is 2. The van der Waals surface area contributed by atoms with Crippen molar-refractivity contribution in [2.45, 2.75) is 24.8 Å². The van der Waals surface area contributed by atoms with E-state index in [0.29, 0.717) is 12.0 Å². The summed E-state index contributed by atoms with van der Waals surface area (Å²) >= 11 is 0. The molecule has 1 heterocycles. The van der Waals surface area contributed by atoms with E-state index < -0.39 is 0 Å². The van der Waals surface area contributed by atoms with Crippen LogP contribution in [0.4, 0.5) is 5.69 Å². The van der Waals surface area contributed by atoms with Crippen LogP contribution in [0.3, 0.4) is 0 Å². The van der Waals surface area contributed by atoms with Gasteiger partial charge in [0.05, 0.1) is 19.0 Å². The van der Waals surface area contributed by atoms with Gasteiger partial charge in [0.25, 0.3) is 0 Å². The molecule has 3 rings (SSSR count). The molecule has 4 nitrogen and oxygen atoms in total. The Morgan fingerprint density at radius 2 is 2.21 bits per heavy atom. The zero-order valence-corrected chi connectivity index (χ0v) is 11.3. The summed E-state index contributed by atoms with van der Waals surface area (Å²) in [4.78, 5) is 0. The fourth-order valence-corrected chi connectivity index (χ4v) is 2.63. The fraction of sp³-hybridized carbons (Fsp3) is 0.400. The third kappa shape index (κ3) is 2.57. The van der Waals surface area contributed by atoms with E-state index in [1.54, 1.807) is 7.11 Å². The molecule has 2 aromatic rings. The van der Waals surface area contributed by atoms with E-state index in [2.05, 4.69) is 28.6 Å². The normalized spacial score (nSPS) is 21.8. The first kappa shape index (κ1) is 12.1. The summed E-state index contributed by atoms with van der Waals surface area (Å²) in [5.74, 6) is 1.59. The van der Waals surface area contributed by atoms with Gasteiger partial charge in [-0.2, -0.15) is 5.10 Å². The zero-order chi connectivity index (χ0) is 13.2. The van der Waals surface area contributed by atoms with Gasteiger partial charge in [0.2, 0.25) is 0 Å². The highest BCUT2D eigenvalue weighted by molar-refractivity contribution is 5.41. The maximum atomic E-state index is 5.27. The number of hydrogen-bond acceptors (Lipinski definition) is 3. The van der Waals surface area contributed by atoms with Crippen LogP contribution in [0.5, 0.6) is 5.75 Å². The van der Waals surface area contributed by atoms with Crippen molar-refractivity contribution in [3.05, 3.63) is 42.2 Å². The number of methoxy groups -OCH3 is 1. The topological polar surface area (TPSA) is 39.1 Å². The van der Waals surface area contributed by atoms with Gasteiger partial charge in [-0.1, -0.05) is 12.1 Å². The maximum Gasteiger partial charge on any atom is 0.119 e. The number of rotatable bonds is 4. The second-order valence-electron chi connectivity index (χ2n) is 5.19. The van der Waals surface area contributed by atoms with Crippen LogP contribution in [0.25, 0.3) is 0 Å². The highest BCUT2D eigenvalue weighted by atomic mass is 16.5. The predicted octanol–water partition coefficient (Wildman–Crippen LogP) is 2.79. The largest absolute Gasteiger partial charge is 0.497 e. The van der Waals surface area contributed by atoms with E-state index in [9.17, 15) is 0 Å². The average Bonchev–Trinajstić information content (AvgIpc) is 2.79. The fourth-order valence-electron chi connectivity index (χ4n) is 2.63. The molecule has 0 atom stereocenters. The molecule has 1 aromatic heterocycles. The van der Waals surface area contributed by atoms with Crippen molar-refractivity contribution in [3.8, 4) is 5.75 Å². The average molecular weight is 257 g/mol. The third-order valence-electron chi connectivity index (χ3n) is 3.78. The Morgan fingerprint density at radius 1 is 1.37 bits per heavy atom. The van der Waals surface area contributed by atoms with Crippen molar-refractivity contribution in [3.63, 3.8) is 0 Å². The van der Waals surface area contributed by atoms with E-state index in [-0.39, 0.29) is 0 Å². The molecule has 1 aliphatic carbocycles. The molecule has 19 heavy (non-hydrogen) atoms. The molecular weight excluding hydrogens is 238 g/mol. The molecule has 0 aliphatic heterocycles. The first-order valence-corrected chi connectivity index (χ1v) is 6.64. The van der Waals surface area contributed by atoms with E-state index in [1.165, 1.54) is 18.4 Å². The van der Waals surface area contributed by atoms with Crippen molar-refractivity contribution in [2.24, 2.45) is 7.05 Å². The second kappa shape index (κ2) is 4.96. The van der Waals surface area contributed by atoms with Crippen molar-refractivity contribution in [2.75, 3.05) is 12.4 Å². The molecule has 0 bridgehead atoms. The molecule has 100 valence electrons. The number of nitrogens with one attached hydrogen (secondary N) is 1. The van der Waals surface area contributed by atoms with Gasteiger partial charge in [-0.3, -0.25) is 4.68 Å². The Kier molecular flexibility index (Phi) is 3.15. The summed E-state index contributed by atoms with van der Waals surface area (Å²) in [7, 11) is 3.65. The lowest BCUT2D eigenvalue weighted by Crippen LogP contribution is -2.33. The van der Waals surface area contributed by atoms with Crippen LogP contribution in [-0.2, 0) is 7.05 Å². The predicted molar refractivity (Wildman–Crippen MR) is 75.6 cm³/mol. The van der Waals surface area contributed by atoms with Crippen LogP contribution in [0.15, 0.2) is 36.7 Å². The SMILES string of the molecule is COc1cccc(C2CC(Nc3cnn(C)c3)C2)c1. The number of ether oxygens (including phenoxy) is 1. The smallest absolute Gasteiger partial charge is 0.119 e. The Morgan fingerprint density at radius 3 is 2.89 bits per heavy atom. The number of hydrogen-bond donors (Lipinski definition) is 1. The molecule has 1 N–H and O–H groups in total. The van der Waals surface area contributed by atoms with Crippen molar-refractivity contribution in [1.82, 2.24) is 9.78 Å². The Hall–Kier alpha value is -1.97. The van der Waals surface area contributed by atoms with E-state index in [0.717, 1.165) is 11.4 Å². The second-order valence-corrected chi connectivity index (χ2v) is 5.19. The van der Waals surface area contributed by atoms with Crippen LogP contribution in [-0.4, -0.2) is 22.9 Å². The first-order chi connectivity index (χ1) is 9.24. The number of anilines is 1. The standard InChI is InChI=1S/C15H19N3O/c1-18-10-14(9-16-18)17-13-6-12(7-13)11-4-3-5-15(8-11)19-2/h3-5,8-10,12-13,17H,6-7H2,1-2H3. The maximum absolute atomic E-state index is 5.27. The number of aromatic nitrogens is 2. The number of benzene rings is 1. The summed E-state index contributed by atoms with van der Waals surface area (Å²) < 4.78 is 7.09. The molecule has 1 aliphatic rings. The Balaban J connectivity index is 1.57. The molecule has 0 spiro atoms. The monoisotopic (exact) mass is 257 g/mol. The molecule has 1 saturated carbocycles. The molecule has 0 amide bonds. The van der Waals surface area contributed by atoms with E-state index in [4.69, 9.17) is 4.74 Å². The van der Waals surface area contributed by atoms with Gasteiger partial charge >= 0.3 is 0 Å². The summed E-state index contributed by atoms with van der Waals surface area (Å²) in [6.07, 6.45) is 6.22. The molecule has 1 aromatic carbocycles. The van der Waals surface area contributed by atoms with Crippen LogP contribution in [0.1, 0.15) is 24.3 Å². The van der Waals surface area contributed by atoms with Crippen LogP contribution >= 0.6 is 0 Å². The van der Waals surface area contributed by atoms with Crippen LogP contribution in [0.2, 0.25) is 0 Å². The van der Waals surface area contributed by atoms with Gasteiger partial charge < -0.3 is 10.1 Å². The van der Waals surface area contributed by atoms with Crippen molar-refractivity contribution < 1.29 is 4.74 Å². The highest BCUT2D eigenvalue weighted by Gasteiger charge is 2.30. The summed E-state index contributed by atoms with van der Waals surface area (Å²) in [5.41, 5.74) is 2.49. The number of aryl methyl sites for hydroxylation is 1. The van der Waals surface area contributed by atoms with Gasteiger partial charge in [0.1, 0.15) is 5.75 Å². The van der Waals surface area contributed by atoms with Gasteiger partial charge in [-0.15, -0.1) is 0 Å². The summed E-state index contributed by atoms with van der Waals surface area (Å²) in [6, 6.07) is 8.95. The zero-order valence-electron chi connectivity index (χ0n) is 11.3. The molecule has 0 saturated heterocycles. The van der Waals surface area contributed by atoms with Crippen molar-refractivity contribution in [1.29, 1.82) is 0 Å². The lowest BCUT2D eigenvalue weighted by Gasteiger charge is -2.36. The van der Waals surface area contributed by atoms with Gasteiger partial charge in [0.15, 0.2) is 0 Å². The minimum absolute atomic E-state index is 0.556. The summed E-state index contributed by atoms with van der Waals surface area (Å²) in [6.45, 7) is 0. The minimum atomic E-state index is 0.556. The minimum Gasteiger partial charge on any atom is -0.497 e. The van der Waals surface area contributed by atoms with Crippen molar-refractivity contribution >= 4 is 5.69 Å². The quantitative estimate of drug-likeness (QED) is 0.915. The van der Waals surface area contributed by atoms with E-state index in [1.807, 2.05) is 30.2 Å². The Labute approximate surface area is 113 Å². The van der Waals surface area contributed by atoms with Crippen LogP contribution in [0, 0.1) is 0 Å². The Bertz CT molecular complexity index is 558. The lowest BCUT2D eigenvalue weighted by molar-refractivity contribution is 0.370. The molecular formula is C15H19N3O. The highest BCUT2D eigenvalue weighted by Crippen LogP contribution is 2.39. The summed E-state index contributed by atoms with van der Waals surface area (Å²) in [5, 5.41) is 7.68. The lowest BCUT2D eigenvalue weighted by atomic mass is 9.76. The van der Waals surface area contributed by atoms with Gasteiger partial charge in [-0.05, 0) is 36.5 Å². The first-order valence-electron chi connectivity index (χ1n) is 6.64. The van der Waals surface area contributed by atoms with E-state index >= 15 is 0 Å². The molecule has 1 fully saturated rings. The molecule has 0 unspecified atom stereocenters. The molecule has 0 radical (unpaired) electrons. The third-order valence-corrected chi connectivity index (χ3v) is 3.78. The van der Waals surface area contributed by atoms with Crippen LogP contribution < -0.4 is 10.1 Å². The molecule has 4 heteroatoms. The van der Waals surface area contributed by atoms with Gasteiger partial charge in [-0.25, -0.2) is 0 Å². The van der Waals surface area contributed by atoms with Gasteiger partial charge in [0, 0.05) is 19.3 Å².